The first-order valence-electron chi connectivity index (χ1n) is 5.06. The molecule has 0 aromatic heterocycles. The van der Waals surface area contributed by atoms with Gasteiger partial charge in [-0.25, -0.2) is 9.59 Å². The summed E-state index contributed by atoms with van der Waals surface area (Å²) in [5.41, 5.74) is -0.638. The quantitative estimate of drug-likeness (QED) is 0.526. The van der Waals surface area contributed by atoms with Crippen LogP contribution < -0.4 is 5.32 Å². The molecular weight excluding hydrogens is 198 g/mol. The van der Waals surface area contributed by atoms with Crippen molar-refractivity contribution in [1.82, 2.24) is 5.32 Å². The maximum Gasteiger partial charge on any atom is 0.516 e. The Kier molecular flexibility index (Phi) is 3.68. The number of hydrogen-bond acceptors (Lipinski definition) is 5. The van der Waals surface area contributed by atoms with E-state index >= 15 is 0 Å². The summed E-state index contributed by atoms with van der Waals surface area (Å²) in [6, 6.07) is -0.363. The van der Waals surface area contributed by atoms with Crippen molar-refractivity contribution < 1.29 is 19.1 Å². The number of ether oxygens (including phenoxy) is 2. The van der Waals surface area contributed by atoms with Crippen molar-refractivity contribution in [2.75, 3.05) is 6.54 Å². The number of nitrogens with one attached hydrogen (secondary N) is 1. The minimum atomic E-state index is -0.929. The van der Waals surface area contributed by atoms with Crippen LogP contribution in [0, 0.1) is 0 Å². The molecule has 5 nitrogen and oxygen atoms in total. The summed E-state index contributed by atoms with van der Waals surface area (Å²) >= 11 is 0. The van der Waals surface area contributed by atoms with Gasteiger partial charge in [0.05, 0.1) is 0 Å². The van der Waals surface area contributed by atoms with Gasteiger partial charge in [0.25, 0.3) is 0 Å². The van der Waals surface area contributed by atoms with Crippen LogP contribution in [0.5, 0.6) is 0 Å². The summed E-state index contributed by atoms with van der Waals surface area (Å²) in [6.07, 6.45) is 0.705. The zero-order valence-electron chi connectivity index (χ0n) is 9.33. The standard InChI is InChI=1S/C10H17NO4/c1-10(2,3)15-9(13)14-8(12)7-5-4-6-11-7/h7,11H,4-6H2,1-3H3/t7-/m1/s1. The molecule has 0 aromatic carbocycles. The molecule has 0 aromatic rings. The normalized spacial score (nSPS) is 21.1. The van der Waals surface area contributed by atoms with E-state index in [1.54, 1.807) is 20.8 Å². The fourth-order valence-electron chi connectivity index (χ4n) is 1.31. The van der Waals surface area contributed by atoms with Crippen LogP contribution in [0.2, 0.25) is 0 Å². The molecule has 1 fully saturated rings. The second kappa shape index (κ2) is 4.61. The molecule has 1 heterocycles. The minimum Gasteiger partial charge on any atom is -0.428 e. The number of rotatable bonds is 1. The fourth-order valence-corrected chi connectivity index (χ4v) is 1.31. The lowest BCUT2D eigenvalue weighted by molar-refractivity contribution is -0.143. The van der Waals surface area contributed by atoms with Gasteiger partial charge in [-0.3, -0.25) is 0 Å². The second-order valence-corrected chi connectivity index (χ2v) is 4.53. The van der Waals surface area contributed by atoms with Crippen LogP contribution in [0.15, 0.2) is 0 Å². The summed E-state index contributed by atoms with van der Waals surface area (Å²) in [6.45, 7) is 5.93. The summed E-state index contributed by atoms with van der Waals surface area (Å²) < 4.78 is 9.41. The van der Waals surface area contributed by atoms with Gasteiger partial charge in [0.1, 0.15) is 11.6 Å². The van der Waals surface area contributed by atoms with Crippen molar-refractivity contribution in [2.24, 2.45) is 0 Å². The lowest BCUT2D eigenvalue weighted by Crippen LogP contribution is -2.35. The smallest absolute Gasteiger partial charge is 0.428 e. The summed E-state index contributed by atoms with van der Waals surface area (Å²) in [4.78, 5) is 22.5. The van der Waals surface area contributed by atoms with Crippen LogP contribution >= 0.6 is 0 Å². The molecule has 1 N–H and O–H groups in total. The molecule has 1 rings (SSSR count). The first kappa shape index (κ1) is 12.0. The molecule has 86 valence electrons. The highest BCUT2D eigenvalue weighted by Crippen LogP contribution is 2.11. The van der Waals surface area contributed by atoms with Gasteiger partial charge in [-0.15, -0.1) is 0 Å². The molecule has 1 atom stereocenters. The Labute approximate surface area is 89.1 Å². The molecule has 0 bridgehead atoms. The number of hydrogen-bond donors (Lipinski definition) is 1. The van der Waals surface area contributed by atoms with E-state index in [0.29, 0.717) is 6.42 Å². The Morgan fingerprint density at radius 3 is 2.47 bits per heavy atom. The molecule has 1 saturated heterocycles. The van der Waals surface area contributed by atoms with E-state index < -0.39 is 17.7 Å². The SMILES string of the molecule is CC(C)(C)OC(=O)OC(=O)[C@H]1CCCN1. The molecule has 0 radical (unpaired) electrons. The molecule has 1 aliphatic rings. The van der Waals surface area contributed by atoms with Crippen LogP contribution in [0.1, 0.15) is 33.6 Å². The first-order valence-corrected chi connectivity index (χ1v) is 5.06. The third-order valence-electron chi connectivity index (χ3n) is 1.92. The van der Waals surface area contributed by atoms with Gasteiger partial charge in [-0.05, 0) is 40.2 Å². The number of carbonyl (C=O) groups is 2. The maximum atomic E-state index is 11.4. The van der Waals surface area contributed by atoms with E-state index in [0.717, 1.165) is 13.0 Å². The van der Waals surface area contributed by atoms with Gasteiger partial charge in [0.15, 0.2) is 0 Å². The summed E-state index contributed by atoms with van der Waals surface area (Å²) in [7, 11) is 0. The largest absolute Gasteiger partial charge is 0.516 e. The second-order valence-electron chi connectivity index (χ2n) is 4.53. The topological polar surface area (TPSA) is 64.6 Å². The van der Waals surface area contributed by atoms with Crippen molar-refractivity contribution in [3.8, 4) is 0 Å². The highest BCUT2D eigenvalue weighted by Gasteiger charge is 2.27. The Morgan fingerprint density at radius 2 is 2.00 bits per heavy atom. The first-order chi connectivity index (χ1) is 6.88. The van der Waals surface area contributed by atoms with E-state index in [1.165, 1.54) is 0 Å². The van der Waals surface area contributed by atoms with Crippen molar-refractivity contribution >= 4 is 12.1 Å². The molecule has 15 heavy (non-hydrogen) atoms. The predicted molar refractivity (Wildman–Crippen MR) is 53.4 cm³/mol. The Bertz CT molecular complexity index is 251. The average Bonchev–Trinajstić information content (AvgIpc) is 2.50. The maximum absolute atomic E-state index is 11.4. The molecule has 0 unspecified atom stereocenters. The van der Waals surface area contributed by atoms with E-state index in [1.807, 2.05) is 0 Å². The lowest BCUT2D eigenvalue weighted by atomic mass is 10.2. The van der Waals surface area contributed by atoms with Crippen LogP contribution in [-0.2, 0) is 14.3 Å². The van der Waals surface area contributed by atoms with Gasteiger partial charge in [0, 0.05) is 0 Å². The number of carbonyl (C=O) groups excluding carboxylic acids is 2. The highest BCUT2D eigenvalue weighted by atomic mass is 16.7. The van der Waals surface area contributed by atoms with Crippen molar-refractivity contribution in [1.29, 1.82) is 0 Å². The van der Waals surface area contributed by atoms with Crippen LogP contribution in [-0.4, -0.2) is 30.3 Å². The van der Waals surface area contributed by atoms with Crippen molar-refractivity contribution in [2.45, 2.75) is 45.3 Å². The number of esters is 1. The van der Waals surface area contributed by atoms with Crippen LogP contribution in [0.25, 0.3) is 0 Å². The molecular formula is C10H17NO4. The Balaban J connectivity index is 2.34. The van der Waals surface area contributed by atoms with E-state index in [-0.39, 0.29) is 6.04 Å². The minimum absolute atomic E-state index is 0.363. The summed E-state index contributed by atoms with van der Waals surface area (Å²) in [5.74, 6) is -0.554. The molecule has 0 saturated carbocycles. The third kappa shape index (κ3) is 4.29. The molecule has 0 amide bonds. The lowest BCUT2D eigenvalue weighted by Gasteiger charge is -2.18. The van der Waals surface area contributed by atoms with Crippen molar-refractivity contribution in [3.05, 3.63) is 0 Å². The van der Waals surface area contributed by atoms with E-state index in [4.69, 9.17) is 4.74 Å². The van der Waals surface area contributed by atoms with Gasteiger partial charge < -0.3 is 14.8 Å². The van der Waals surface area contributed by atoms with Gasteiger partial charge in [-0.2, -0.15) is 0 Å². The van der Waals surface area contributed by atoms with Gasteiger partial charge in [0.2, 0.25) is 0 Å². The van der Waals surface area contributed by atoms with E-state index in [2.05, 4.69) is 10.1 Å². The molecule has 1 aliphatic heterocycles. The molecule has 0 aliphatic carbocycles. The molecule has 5 heteroatoms. The summed E-state index contributed by atoms with van der Waals surface area (Å²) in [5, 5.41) is 2.94. The van der Waals surface area contributed by atoms with Crippen LogP contribution in [0.4, 0.5) is 4.79 Å². The Hall–Kier alpha value is -1.10. The van der Waals surface area contributed by atoms with E-state index in [9.17, 15) is 9.59 Å². The van der Waals surface area contributed by atoms with Crippen LogP contribution in [0.3, 0.4) is 0 Å². The fraction of sp³-hybridized carbons (Fsp3) is 0.800. The zero-order valence-corrected chi connectivity index (χ0v) is 9.33. The van der Waals surface area contributed by atoms with Gasteiger partial charge >= 0.3 is 12.1 Å². The Morgan fingerprint density at radius 1 is 1.33 bits per heavy atom. The monoisotopic (exact) mass is 215 g/mol. The predicted octanol–water partition coefficient (Wildman–Crippen LogP) is 1.22. The highest BCUT2D eigenvalue weighted by molar-refractivity contribution is 5.85. The third-order valence-corrected chi connectivity index (χ3v) is 1.92. The average molecular weight is 215 g/mol. The van der Waals surface area contributed by atoms with Gasteiger partial charge in [-0.1, -0.05) is 0 Å². The zero-order chi connectivity index (χ0) is 11.5. The van der Waals surface area contributed by atoms with Crippen molar-refractivity contribution in [3.63, 3.8) is 0 Å². The molecule has 0 spiro atoms.